The molecule has 27 heavy (non-hydrogen) atoms. The molecule has 2 heterocycles. The van der Waals surface area contributed by atoms with E-state index in [2.05, 4.69) is 15.2 Å². The smallest absolute Gasteiger partial charge is 0.227 e. The number of aromatic nitrogens is 2. The fourth-order valence-corrected chi connectivity index (χ4v) is 3.64. The van der Waals surface area contributed by atoms with Crippen molar-refractivity contribution in [3.05, 3.63) is 46.5 Å². The minimum Gasteiger partial charge on any atom is -0.378 e. The van der Waals surface area contributed by atoms with Crippen LogP contribution in [0.2, 0.25) is 5.02 Å². The molecule has 0 saturated carbocycles. The van der Waals surface area contributed by atoms with Crippen LogP contribution in [-0.2, 0) is 22.4 Å². The summed E-state index contributed by atoms with van der Waals surface area (Å²) in [6.45, 7) is 2.94. The summed E-state index contributed by atoms with van der Waals surface area (Å²) in [7, 11) is 0. The molecule has 1 aromatic heterocycles. The van der Waals surface area contributed by atoms with Gasteiger partial charge in [-0.2, -0.15) is 0 Å². The van der Waals surface area contributed by atoms with E-state index in [1.165, 1.54) is 18.2 Å². The van der Waals surface area contributed by atoms with Gasteiger partial charge < -0.3 is 15.0 Å². The lowest BCUT2D eigenvalue weighted by Crippen LogP contribution is -2.38. The third kappa shape index (κ3) is 4.04. The summed E-state index contributed by atoms with van der Waals surface area (Å²) >= 11 is 5.89. The van der Waals surface area contributed by atoms with Gasteiger partial charge in [-0.1, -0.05) is 11.6 Å². The van der Waals surface area contributed by atoms with Crippen molar-refractivity contribution >= 4 is 29.1 Å². The summed E-state index contributed by atoms with van der Waals surface area (Å²) in [4.78, 5) is 23.8. The molecule has 1 aromatic carbocycles. The lowest BCUT2D eigenvalue weighted by molar-refractivity contribution is -0.120. The van der Waals surface area contributed by atoms with Gasteiger partial charge in [0.05, 0.1) is 18.9 Å². The zero-order valence-electron chi connectivity index (χ0n) is 14.8. The molecular weight excluding hydrogens is 371 g/mol. The molecule has 1 aliphatic carbocycles. The molecule has 0 spiro atoms. The first-order valence-electron chi connectivity index (χ1n) is 9.03. The first-order chi connectivity index (χ1) is 13.1. The predicted octanol–water partition coefficient (Wildman–Crippen LogP) is 2.85. The van der Waals surface area contributed by atoms with Crippen LogP contribution in [0.1, 0.15) is 17.7 Å². The van der Waals surface area contributed by atoms with Gasteiger partial charge in [0.25, 0.3) is 0 Å². The Labute approximate surface area is 161 Å². The molecule has 1 saturated heterocycles. The van der Waals surface area contributed by atoms with Crippen molar-refractivity contribution in [2.24, 2.45) is 5.92 Å². The van der Waals surface area contributed by atoms with Crippen molar-refractivity contribution in [1.82, 2.24) is 9.97 Å². The zero-order chi connectivity index (χ0) is 18.8. The minimum atomic E-state index is -0.498. The molecule has 1 amide bonds. The van der Waals surface area contributed by atoms with Gasteiger partial charge in [0.2, 0.25) is 11.9 Å². The van der Waals surface area contributed by atoms with Crippen LogP contribution in [0.5, 0.6) is 0 Å². The van der Waals surface area contributed by atoms with Gasteiger partial charge in [-0.15, -0.1) is 0 Å². The first-order valence-corrected chi connectivity index (χ1v) is 9.41. The number of aryl methyl sites for hydroxylation is 1. The van der Waals surface area contributed by atoms with Crippen LogP contribution >= 0.6 is 11.6 Å². The summed E-state index contributed by atoms with van der Waals surface area (Å²) in [6.07, 6.45) is 3.73. The summed E-state index contributed by atoms with van der Waals surface area (Å²) in [5, 5.41) is 3.03. The second-order valence-corrected chi connectivity index (χ2v) is 7.23. The molecule has 6 nitrogen and oxygen atoms in total. The standard InChI is InChI=1S/C19H20ClFN4O2/c20-14-2-3-15(21)17(10-14)23-18(26)12-1-4-16-13(9-12)11-22-19(24-16)25-5-7-27-8-6-25/h2-3,10-12H,1,4-9H2,(H,23,26). The third-order valence-corrected chi connectivity index (χ3v) is 5.22. The Bertz CT molecular complexity index is 858. The van der Waals surface area contributed by atoms with E-state index in [9.17, 15) is 9.18 Å². The maximum absolute atomic E-state index is 13.9. The molecule has 1 unspecified atom stereocenters. The van der Waals surface area contributed by atoms with Gasteiger partial charge >= 0.3 is 0 Å². The topological polar surface area (TPSA) is 67.4 Å². The van der Waals surface area contributed by atoms with E-state index in [1.54, 1.807) is 0 Å². The number of carbonyl (C=O) groups is 1. The van der Waals surface area contributed by atoms with Crippen LogP contribution in [0, 0.1) is 11.7 Å². The minimum absolute atomic E-state index is 0.109. The predicted molar refractivity (Wildman–Crippen MR) is 101 cm³/mol. The number of ether oxygens (including phenoxy) is 1. The molecule has 0 radical (unpaired) electrons. The van der Waals surface area contributed by atoms with Crippen molar-refractivity contribution in [2.45, 2.75) is 19.3 Å². The third-order valence-electron chi connectivity index (χ3n) is 4.99. The van der Waals surface area contributed by atoms with Crippen LogP contribution in [0.3, 0.4) is 0 Å². The van der Waals surface area contributed by atoms with Crippen molar-refractivity contribution in [1.29, 1.82) is 0 Å². The van der Waals surface area contributed by atoms with Crippen molar-refractivity contribution < 1.29 is 13.9 Å². The number of nitrogens with one attached hydrogen (secondary N) is 1. The summed E-state index contributed by atoms with van der Waals surface area (Å²) in [5.41, 5.74) is 2.08. The Hall–Kier alpha value is -2.25. The highest BCUT2D eigenvalue weighted by atomic mass is 35.5. The molecular formula is C19H20ClFN4O2. The number of amides is 1. The number of hydrogen-bond donors (Lipinski definition) is 1. The number of anilines is 2. The number of morpholine rings is 1. The number of benzene rings is 1. The molecule has 0 bridgehead atoms. The van der Waals surface area contributed by atoms with E-state index in [4.69, 9.17) is 21.3 Å². The number of rotatable bonds is 3. The maximum Gasteiger partial charge on any atom is 0.227 e. The van der Waals surface area contributed by atoms with Gasteiger partial charge in [-0.3, -0.25) is 4.79 Å². The van der Waals surface area contributed by atoms with E-state index in [1.807, 2.05) is 6.20 Å². The average Bonchev–Trinajstić information content (AvgIpc) is 2.70. The number of halogens is 2. The van der Waals surface area contributed by atoms with E-state index in [0.717, 1.165) is 30.3 Å². The Morgan fingerprint density at radius 2 is 2.15 bits per heavy atom. The molecule has 1 atom stereocenters. The SMILES string of the molecule is O=C(Nc1cc(Cl)ccc1F)C1CCc2nc(N3CCOCC3)ncc2C1. The zero-order valence-corrected chi connectivity index (χ0v) is 15.5. The molecule has 1 aliphatic heterocycles. The number of fused-ring (bicyclic) bond motifs is 1. The quantitative estimate of drug-likeness (QED) is 0.872. The maximum atomic E-state index is 13.9. The van der Waals surface area contributed by atoms with Crippen LogP contribution in [-0.4, -0.2) is 42.2 Å². The summed E-state index contributed by atoms with van der Waals surface area (Å²) in [6, 6.07) is 4.12. The first kappa shape index (κ1) is 18.1. The van der Waals surface area contributed by atoms with Crippen molar-refractivity contribution in [2.75, 3.05) is 36.5 Å². The van der Waals surface area contributed by atoms with E-state index in [-0.39, 0.29) is 17.5 Å². The second kappa shape index (κ2) is 7.78. The lowest BCUT2D eigenvalue weighted by atomic mass is 9.86. The van der Waals surface area contributed by atoms with Crippen LogP contribution in [0.15, 0.2) is 24.4 Å². The Morgan fingerprint density at radius 3 is 2.96 bits per heavy atom. The normalized spacial score (nSPS) is 19.5. The fourth-order valence-electron chi connectivity index (χ4n) is 3.46. The van der Waals surface area contributed by atoms with Crippen molar-refractivity contribution in [3.8, 4) is 0 Å². The second-order valence-electron chi connectivity index (χ2n) is 6.79. The van der Waals surface area contributed by atoms with E-state index < -0.39 is 5.82 Å². The number of hydrogen-bond acceptors (Lipinski definition) is 5. The Balaban J connectivity index is 1.44. The van der Waals surface area contributed by atoms with Gasteiger partial charge in [-0.25, -0.2) is 14.4 Å². The van der Waals surface area contributed by atoms with Crippen molar-refractivity contribution in [3.63, 3.8) is 0 Å². The fraction of sp³-hybridized carbons (Fsp3) is 0.421. The van der Waals surface area contributed by atoms with Crippen LogP contribution in [0.25, 0.3) is 0 Å². The average molecular weight is 391 g/mol. The highest BCUT2D eigenvalue weighted by molar-refractivity contribution is 6.30. The lowest BCUT2D eigenvalue weighted by Gasteiger charge is -2.28. The Morgan fingerprint density at radius 1 is 1.33 bits per heavy atom. The number of nitrogens with zero attached hydrogens (tertiary/aromatic N) is 3. The molecule has 1 N–H and O–H groups in total. The number of carbonyl (C=O) groups excluding carboxylic acids is 1. The Kier molecular flexibility index (Phi) is 5.22. The van der Waals surface area contributed by atoms with Crippen LogP contribution in [0.4, 0.5) is 16.0 Å². The molecule has 1 fully saturated rings. The monoisotopic (exact) mass is 390 g/mol. The van der Waals surface area contributed by atoms with E-state index >= 15 is 0 Å². The van der Waals surface area contributed by atoms with Gasteiger partial charge in [0.1, 0.15) is 5.82 Å². The molecule has 2 aromatic rings. The van der Waals surface area contributed by atoms with Gasteiger partial charge in [0.15, 0.2) is 0 Å². The molecule has 8 heteroatoms. The molecule has 142 valence electrons. The van der Waals surface area contributed by atoms with Gasteiger partial charge in [0, 0.05) is 35.9 Å². The van der Waals surface area contributed by atoms with E-state index in [0.29, 0.717) is 37.5 Å². The summed E-state index contributed by atoms with van der Waals surface area (Å²) in [5.74, 6) is -0.226. The molecule has 4 rings (SSSR count). The van der Waals surface area contributed by atoms with Gasteiger partial charge in [-0.05, 0) is 43.0 Å². The highest BCUT2D eigenvalue weighted by Crippen LogP contribution is 2.27. The highest BCUT2D eigenvalue weighted by Gasteiger charge is 2.27. The largest absolute Gasteiger partial charge is 0.378 e. The summed E-state index contributed by atoms with van der Waals surface area (Å²) < 4.78 is 19.2. The molecule has 2 aliphatic rings. The van der Waals surface area contributed by atoms with Crippen LogP contribution < -0.4 is 10.2 Å².